The highest BCUT2D eigenvalue weighted by molar-refractivity contribution is 5.98. The van der Waals surface area contributed by atoms with Crippen LogP contribution in [0, 0.1) is 20.8 Å². The van der Waals surface area contributed by atoms with Crippen molar-refractivity contribution in [1.29, 1.82) is 0 Å². The normalized spacial score (nSPS) is 10.2. The fourth-order valence-electron chi connectivity index (χ4n) is 1.34. The Morgan fingerprint density at radius 3 is 2.23 bits per heavy atom. The van der Waals surface area contributed by atoms with Crippen LogP contribution in [0.15, 0.2) is 0 Å². The van der Waals surface area contributed by atoms with Gasteiger partial charge in [-0.05, 0) is 27.7 Å². The average molecular weight is 179 g/mol. The number of hydrogen-bond acceptors (Lipinski definition) is 3. The molecule has 0 aliphatic heterocycles. The standard InChI is InChI=1S/C10H13NO2/c1-5-6(2)11-7(3)9(8(4)12)10(5)13/h1-4H3,(H,11,13). The topological polar surface area (TPSA) is 50.2 Å². The second-order valence-corrected chi connectivity index (χ2v) is 3.19. The van der Waals surface area contributed by atoms with Gasteiger partial charge in [0.05, 0.1) is 11.3 Å². The number of aryl methyl sites for hydroxylation is 2. The van der Waals surface area contributed by atoms with Gasteiger partial charge in [-0.1, -0.05) is 0 Å². The molecule has 0 radical (unpaired) electrons. The lowest BCUT2D eigenvalue weighted by Gasteiger charge is -2.09. The summed E-state index contributed by atoms with van der Waals surface area (Å²) in [4.78, 5) is 15.3. The van der Waals surface area contributed by atoms with E-state index < -0.39 is 0 Å². The first-order valence-corrected chi connectivity index (χ1v) is 4.12. The van der Waals surface area contributed by atoms with Crippen LogP contribution in [0.4, 0.5) is 0 Å². The molecule has 1 rings (SSSR count). The minimum atomic E-state index is -0.148. The molecule has 0 aromatic carbocycles. The zero-order chi connectivity index (χ0) is 10.2. The number of carbonyl (C=O) groups excluding carboxylic acids is 1. The van der Waals surface area contributed by atoms with Crippen LogP contribution in [-0.4, -0.2) is 15.9 Å². The van der Waals surface area contributed by atoms with Gasteiger partial charge in [0.2, 0.25) is 0 Å². The van der Waals surface area contributed by atoms with Gasteiger partial charge in [0, 0.05) is 11.3 Å². The first-order valence-electron chi connectivity index (χ1n) is 4.12. The van der Waals surface area contributed by atoms with E-state index in [1.165, 1.54) is 6.92 Å². The summed E-state index contributed by atoms with van der Waals surface area (Å²) in [5, 5.41) is 9.67. The quantitative estimate of drug-likeness (QED) is 0.670. The summed E-state index contributed by atoms with van der Waals surface area (Å²) in [6.07, 6.45) is 0. The van der Waals surface area contributed by atoms with E-state index in [9.17, 15) is 9.90 Å². The molecule has 0 atom stereocenters. The summed E-state index contributed by atoms with van der Waals surface area (Å²) >= 11 is 0. The van der Waals surface area contributed by atoms with Crippen LogP contribution >= 0.6 is 0 Å². The lowest BCUT2D eigenvalue weighted by Crippen LogP contribution is -2.03. The second kappa shape index (κ2) is 3.17. The number of nitrogens with zero attached hydrogens (tertiary/aromatic N) is 1. The summed E-state index contributed by atoms with van der Waals surface area (Å²) in [7, 11) is 0. The molecule has 0 amide bonds. The van der Waals surface area contributed by atoms with Crippen molar-refractivity contribution in [2.75, 3.05) is 0 Å². The van der Waals surface area contributed by atoms with Crippen molar-refractivity contribution < 1.29 is 9.90 Å². The lowest BCUT2D eigenvalue weighted by atomic mass is 10.0. The Hall–Kier alpha value is -1.38. The molecule has 0 aliphatic rings. The molecular formula is C10H13NO2. The third-order valence-corrected chi connectivity index (χ3v) is 2.18. The zero-order valence-corrected chi connectivity index (χ0v) is 8.30. The van der Waals surface area contributed by atoms with E-state index in [0.29, 0.717) is 16.8 Å². The van der Waals surface area contributed by atoms with E-state index in [2.05, 4.69) is 4.98 Å². The van der Waals surface area contributed by atoms with Crippen LogP contribution in [0.25, 0.3) is 0 Å². The third-order valence-electron chi connectivity index (χ3n) is 2.18. The monoisotopic (exact) mass is 179 g/mol. The number of ketones is 1. The molecule has 70 valence electrons. The van der Waals surface area contributed by atoms with Gasteiger partial charge in [-0.3, -0.25) is 9.78 Å². The molecule has 3 nitrogen and oxygen atoms in total. The van der Waals surface area contributed by atoms with Crippen molar-refractivity contribution in [3.8, 4) is 5.75 Å². The molecule has 0 saturated heterocycles. The number of pyridine rings is 1. The van der Waals surface area contributed by atoms with Crippen molar-refractivity contribution in [2.45, 2.75) is 27.7 Å². The smallest absolute Gasteiger partial charge is 0.165 e. The second-order valence-electron chi connectivity index (χ2n) is 3.19. The Labute approximate surface area is 77.4 Å². The highest BCUT2D eigenvalue weighted by atomic mass is 16.3. The number of rotatable bonds is 1. The van der Waals surface area contributed by atoms with Crippen LogP contribution < -0.4 is 0 Å². The molecule has 0 spiro atoms. The van der Waals surface area contributed by atoms with Gasteiger partial charge in [-0.2, -0.15) is 0 Å². The Kier molecular flexibility index (Phi) is 2.36. The summed E-state index contributed by atoms with van der Waals surface area (Å²) < 4.78 is 0. The predicted octanol–water partition coefficient (Wildman–Crippen LogP) is 1.92. The van der Waals surface area contributed by atoms with Gasteiger partial charge in [-0.25, -0.2) is 0 Å². The minimum Gasteiger partial charge on any atom is -0.507 e. The molecule has 0 saturated carbocycles. The first-order chi connectivity index (χ1) is 5.95. The summed E-state index contributed by atoms with van der Waals surface area (Å²) in [5.41, 5.74) is 2.37. The van der Waals surface area contributed by atoms with E-state index in [1.54, 1.807) is 13.8 Å². The van der Waals surface area contributed by atoms with Crippen LogP contribution in [0.3, 0.4) is 0 Å². The van der Waals surface area contributed by atoms with Gasteiger partial charge < -0.3 is 5.11 Å². The van der Waals surface area contributed by atoms with Crippen molar-refractivity contribution in [2.24, 2.45) is 0 Å². The van der Waals surface area contributed by atoms with Crippen LogP contribution in [0.2, 0.25) is 0 Å². The summed E-state index contributed by atoms with van der Waals surface area (Å²) in [5.74, 6) is -0.0805. The maximum atomic E-state index is 11.2. The largest absolute Gasteiger partial charge is 0.507 e. The maximum absolute atomic E-state index is 11.2. The van der Waals surface area contributed by atoms with E-state index in [1.807, 2.05) is 6.92 Å². The number of Topliss-reactive ketones (excluding diaryl/α,β-unsaturated/α-hetero) is 1. The molecule has 13 heavy (non-hydrogen) atoms. The maximum Gasteiger partial charge on any atom is 0.165 e. The SMILES string of the molecule is CC(=O)c1c(C)nc(C)c(C)c1O. The molecular weight excluding hydrogens is 166 g/mol. The fourth-order valence-corrected chi connectivity index (χ4v) is 1.34. The van der Waals surface area contributed by atoms with E-state index in [4.69, 9.17) is 0 Å². The predicted molar refractivity (Wildman–Crippen MR) is 50.1 cm³/mol. The van der Waals surface area contributed by atoms with Crippen molar-refractivity contribution in [3.63, 3.8) is 0 Å². The first kappa shape index (κ1) is 9.71. The Morgan fingerprint density at radius 1 is 1.23 bits per heavy atom. The number of carbonyl (C=O) groups is 1. The number of hydrogen-bond donors (Lipinski definition) is 1. The van der Waals surface area contributed by atoms with Gasteiger partial charge >= 0.3 is 0 Å². The molecule has 1 N–H and O–H groups in total. The van der Waals surface area contributed by atoms with Gasteiger partial charge in [0.15, 0.2) is 5.78 Å². The number of aromatic nitrogens is 1. The molecule has 0 unspecified atom stereocenters. The molecule has 0 fully saturated rings. The van der Waals surface area contributed by atoms with Crippen molar-refractivity contribution in [1.82, 2.24) is 4.98 Å². The molecule has 1 heterocycles. The van der Waals surface area contributed by atoms with E-state index in [-0.39, 0.29) is 11.5 Å². The van der Waals surface area contributed by atoms with E-state index >= 15 is 0 Å². The molecule has 1 aromatic rings. The van der Waals surface area contributed by atoms with Gasteiger partial charge in [-0.15, -0.1) is 0 Å². The average Bonchev–Trinajstić information content (AvgIpc) is 1.99. The highest BCUT2D eigenvalue weighted by Crippen LogP contribution is 2.26. The molecule has 1 aromatic heterocycles. The van der Waals surface area contributed by atoms with Crippen LogP contribution in [-0.2, 0) is 0 Å². The Balaban J connectivity index is 3.53. The van der Waals surface area contributed by atoms with Crippen LogP contribution in [0.5, 0.6) is 5.75 Å². The van der Waals surface area contributed by atoms with E-state index in [0.717, 1.165) is 5.69 Å². The molecule has 0 bridgehead atoms. The van der Waals surface area contributed by atoms with Crippen LogP contribution in [0.1, 0.15) is 34.2 Å². The fraction of sp³-hybridized carbons (Fsp3) is 0.400. The van der Waals surface area contributed by atoms with Crippen molar-refractivity contribution >= 4 is 5.78 Å². The zero-order valence-electron chi connectivity index (χ0n) is 8.30. The Bertz CT molecular complexity index is 370. The van der Waals surface area contributed by atoms with Crippen molar-refractivity contribution in [3.05, 3.63) is 22.5 Å². The summed E-state index contributed by atoms with van der Waals surface area (Å²) in [6, 6.07) is 0. The third kappa shape index (κ3) is 1.54. The number of aromatic hydroxyl groups is 1. The van der Waals surface area contributed by atoms with Gasteiger partial charge in [0.1, 0.15) is 5.75 Å². The lowest BCUT2D eigenvalue weighted by molar-refractivity contribution is 0.101. The highest BCUT2D eigenvalue weighted by Gasteiger charge is 2.15. The summed E-state index contributed by atoms with van der Waals surface area (Å²) in [6.45, 7) is 6.72. The van der Waals surface area contributed by atoms with Gasteiger partial charge in [0.25, 0.3) is 0 Å². The molecule has 3 heteroatoms. The Morgan fingerprint density at radius 2 is 1.77 bits per heavy atom. The minimum absolute atomic E-state index is 0.0671. The molecule has 0 aliphatic carbocycles.